The molecule has 0 N–H and O–H groups in total. The Morgan fingerprint density at radius 3 is 1.17 bits per heavy atom. The molecule has 4 aromatic carbocycles. The monoisotopic (exact) mass is 718 g/mol. The first-order valence-electron chi connectivity index (χ1n) is 16.8. The molecule has 4 atom stereocenters. The summed E-state index contributed by atoms with van der Waals surface area (Å²) in [5, 5.41) is 0. The Bertz CT molecular complexity index is 1900. The highest BCUT2D eigenvalue weighted by molar-refractivity contribution is 6.09. The summed E-state index contributed by atoms with van der Waals surface area (Å²) in [5.41, 5.74) is -1.59. The molecule has 8 rings (SSSR count). The zero-order chi connectivity index (χ0) is 37.1. The fraction of sp³-hybridized carbons (Fsp3) is 0.300. The van der Waals surface area contributed by atoms with E-state index in [2.05, 4.69) is 0 Å². The molecule has 6 nitrogen and oxygen atoms in total. The van der Waals surface area contributed by atoms with Gasteiger partial charge in [-0.3, -0.25) is 29.0 Å². The predicted octanol–water partition coefficient (Wildman–Crippen LogP) is 8.28. The summed E-state index contributed by atoms with van der Waals surface area (Å²) in [4.78, 5) is 52.9. The first kappa shape index (κ1) is 35.2. The molecule has 4 amide bonds. The number of benzene rings is 4. The highest BCUT2D eigenvalue weighted by atomic mass is 19.4. The van der Waals surface area contributed by atoms with Crippen molar-refractivity contribution >= 4 is 23.6 Å². The molecule has 268 valence electrons. The molecule has 0 bridgehead atoms. The minimum absolute atomic E-state index is 0.0183. The van der Waals surface area contributed by atoms with Gasteiger partial charge in [0.1, 0.15) is 0 Å². The molecular formula is C40H32F6N2O4. The van der Waals surface area contributed by atoms with Gasteiger partial charge in [0.25, 0.3) is 0 Å². The number of amides is 4. The topological polar surface area (TPSA) is 74.8 Å². The lowest BCUT2D eigenvalue weighted by Crippen LogP contribution is -2.31. The summed E-state index contributed by atoms with van der Waals surface area (Å²) in [6.07, 6.45) is -8.41. The second-order valence-corrected chi connectivity index (χ2v) is 13.9. The van der Waals surface area contributed by atoms with Crippen LogP contribution in [0.2, 0.25) is 0 Å². The predicted molar refractivity (Wildman–Crippen MR) is 176 cm³/mol. The Hall–Kier alpha value is -5.26. The van der Waals surface area contributed by atoms with Crippen LogP contribution in [0.5, 0.6) is 0 Å². The first-order valence-corrected chi connectivity index (χ1v) is 16.8. The van der Waals surface area contributed by atoms with E-state index in [-0.39, 0.29) is 73.5 Å². The molecule has 4 aliphatic rings. The van der Waals surface area contributed by atoms with Gasteiger partial charge in [-0.05, 0) is 47.2 Å². The quantitative estimate of drug-likeness (QED) is 0.149. The maximum Gasteiger partial charge on any atom is 0.416 e. The third-order valence-electron chi connectivity index (χ3n) is 10.7. The Kier molecular flexibility index (Phi) is 8.62. The van der Waals surface area contributed by atoms with Crippen molar-refractivity contribution in [1.29, 1.82) is 0 Å². The van der Waals surface area contributed by atoms with E-state index < -0.39 is 46.1 Å². The van der Waals surface area contributed by atoms with Crippen molar-refractivity contribution in [3.05, 3.63) is 143 Å². The average molecular weight is 719 g/mol. The molecule has 2 aliphatic heterocycles. The van der Waals surface area contributed by atoms with Crippen molar-refractivity contribution in [3.8, 4) is 0 Å². The van der Waals surface area contributed by atoms with E-state index in [1.165, 1.54) is 34.1 Å². The molecule has 4 aromatic rings. The van der Waals surface area contributed by atoms with Crippen molar-refractivity contribution < 1.29 is 45.5 Å². The number of alkyl halides is 6. The second kappa shape index (κ2) is 12.8. The molecule has 2 heterocycles. The standard InChI is InChI=1S/2C20H16F3NO2/c2*21-20(22,23)15-9-5-4-8-14(15)16-10-19(16)11-17(25)24(18(19)26)12-13-6-2-1-3-7-13/h2*1-9,16H,10-12H2/t16?,19-;/m0./s1. The Morgan fingerprint density at radius 2 is 0.827 bits per heavy atom. The molecule has 3 unspecified atom stereocenters. The van der Waals surface area contributed by atoms with Crippen molar-refractivity contribution in [3.63, 3.8) is 0 Å². The smallest absolute Gasteiger partial charge is 0.278 e. The van der Waals surface area contributed by atoms with Gasteiger partial charge in [-0.25, -0.2) is 0 Å². The summed E-state index contributed by atoms with van der Waals surface area (Å²) in [5.74, 6) is -2.45. The maximum absolute atomic E-state index is 13.3. The van der Waals surface area contributed by atoms with Gasteiger partial charge in [0.2, 0.25) is 23.6 Å². The van der Waals surface area contributed by atoms with Crippen LogP contribution in [0.4, 0.5) is 26.3 Å². The molecule has 2 saturated carbocycles. The number of hydrogen-bond donors (Lipinski definition) is 0. The number of imide groups is 2. The highest BCUT2D eigenvalue weighted by Crippen LogP contribution is 2.67. The number of likely N-dealkylation sites (tertiary alicyclic amines) is 2. The summed E-state index contributed by atoms with van der Waals surface area (Å²) in [7, 11) is 0. The van der Waals surface area contributed by atoms with E-state index in [1.807, 2.05) is 60.7 Å². The number of carbonyl (C=O) groups excluding carboxylic acids is 4. The molecule has 2 aliphatic carbocycles. The molecule has 12 heteroatoms. The normalized spacial score (nSPS) is 25.2. The van der Waals surface area contributed by atoms with Crippen LogP contribution in [-0.4, -0.2) is 33.4 Å². The molecule has 0 radical (unpaired) electrons. The van der Waals surface area contributed by atoms with Crippen LogP contribution in [0.15, 0.2) is 109 Å². The van der Waals surface area contributed by atoms with Crippen LogP contribution in [0.1, 0.15) is 70.9 Å². The molecule has 2 saturated heterocycles. The first-order chi connectivity index (χ1) is 24.7. The van der Waals surface area contributed by atoms with Gasteiger partial charge in [0, 0.05) is 24.7 Å². The Balaban J connectivity index is 0.000000162. The van der Waals surface area contributed by atoms with Gasteiger partial charge in [0.15, 0.2) is 0 Å². The van der Waals surface area contributed by atoms with Gasteiger partial charge in [-0.2, -0.15) is 26.3 Å². The SMILES string of the molecule is O=C1CC2(CC2c2ccccc2C(F)(F)F)C(=O)N1Cc1ccccc1.O=C1C[C@]2(CC2c2ccccc2C(F)(F)F)C(=O)N1Cc1ccccc1. The van der Waals surface area contributed by atoms with E-state index in [0.717, 1.165) is 23.3 Å². The molecular weight excluding hydrogens is 686 g/mol. The van der Waals surface area contributed by atoms with Crippen molar-refractivity contribution in [2.45, 2.75) is 63.0 Å². The summed E-state index contributed by atoms with van der Waals surface area (Å²) in [6.45, 7) is 0.321. The maximum atomic E-state index is 13.3. The van der Waals surface area contributed by atoms with Gasteiger partial charge >= 0.3 is 12.4 Å². The van der Waals surface area contributed by atoms with Crippen LogP contribution in [-0.2, 0) is 44.6 Å². The Morgan fingerprint density at radius 1 is 0.500 bits per heavy atom. The number of rotatable bonds is 6. The fourth-order valence-electron chi connectivity index (χ4n) is 7.91. The van der Waals surface area contributed by atoms with Crippen LogP contribution in [0.3, 0.4) is 0 Å². The molecule has 0 aromatic heterocycles. The van der Waals surface area contributed by atoms with Gasteiger partial charge in [0.05, 0.1) is 35.0 Å². The minimum atomic E-state index is -4.48. The third kappa shape index (κ3) is 6.28. The summed E-state index contributed by atoms with van der Waals surface area (Å²) >= 11 is 0. The lowest BCUT2D eigenvalue weighted by molar-refractivity contribution is -0.142. The lowest BCUT2D eigenvalue weighted by atomic mass is 9.94. The Labute approximate surface area is 295 Å². The number of carbonyl (C=O) groups is 4. The lowest BCUT2D eigenvalue weighted by Gasteiger charge is -2.16. The third-order valence-corrected chi connectivity index (χ3v) is 10.7. The van der Waals surface area contributed by atoms with Gasteiger partial charge in [-0.1, -0.05) is 97.1 Å². The molecule has 2 spiro atoms. The minimum Gasteiger partial charge on any atom is -0.278 e. The van der Waals surface area contributed by atoms with E-state index in [1.54, 1.807) is 12.1 Å². The zero-order valence-corrected chi connectivity index (χ0v) is 27.6. The largest absolute Gasteiger partial charge is 0.416 e. The van der Waals surface area contributed by atoms with E-state index in [0.29, 0.717) is 0 Å². The summed E-state index contributed by atoms with van der Waals surface area (Å²) < 4.78 is 79.7. The molecule has 4 fully saturated rings. The van der Waals surface area contributed by atoms with E-state index >= 15 is 0 Å². The fourth-order valence-corrected chi connectivity index (χ4v) is 7.91. The number of halogens is 6. The van der Waals surface area contributed by atoms with E-state index in [9.17, 15) is 45.5 Å². The second-order valence-electron chi connectivity index (χ2n) is 13.9. The zero-order valence-electron chi connectivity index (χ0n) is 27.6. The number of hydrogen-bond acceptors (Lipinski definition) is 4. The van der Waals surface area contributed by atoms with Crippen LogP contribution < -0.4 is 0 Å². The molecule has 52 heavy (non-hydrogen) atoms. The average Bonchev–Trinajstić information content (AvgIpc) is 4.00. The van der Waals surface area contributed by atoms with Crippen molar-refractivity contribution in [1.82, 2.24) is 9.80 Å². The van der Waals surface area contributed by atoms with Crippen LogP contribution in [0.25, 0.3) is 0 Å². The number of nitrogens with zero attached hydrogens (tertiary/aromatic N) is 2. The summed E-state index contributed by atoms with van der Waals surface area (Å²) in [6, 6.07) is 28.8. The van der Waals surface area contributed by atoms with Crippen LogP contribution >= 0.6 is 0 Å². The van der Waals surface area contributed by atoms with Gasteiger partial charge < -0.3 is 0 Å². The van der Waals surface area contributed by atoms with Gasteiger partial charge in [-0.15, -0.1) is 0 Å². The van der Waals surface area contributed by atoms with Crippen molar-refractivity contribution in [2.75, 3.05) is 0 Å². The van der Waals surface area contributed by atoms with Crippen molar-refractivity contribution in [2.24, 2.45) is 10.8 Å². The van der Waals surface area contributed by atoms with E-state index in [4.69, 9.17) is 0 Å². The highest BCUT2D eigenvalue weighted by Gasteiger charge is 2.69. The van der Waals surface area contributed by atoms with Crippen LogP contribution in [0, 0.1) is 10.8 Å².